The van der Waals surface area contributed by atoms with E-state index in [0.717, 1.165) is 94.8 Å². The Labute approximate surface area is 303 Å². The molecule has 3 N–H and O–H groups in total. The number of hydrogen-bond donors (Lipinski definition) is 3. The third kappa shape index (κ3) is 5.97. The Balaban J connectivity index is 0.701. The Kier molecular flexibility index (Phi) is 8.07. The molecule has 0 bridgehead atoms. The number of phenolic OH excluding ortho intramolecular Hbond substituents is 1. The fraction of sp³-hybridized carbons (Fsp3) is 0.538. The lowest BCUT2D eigenvalue weighted by Crippen LogP contribution is -2.58. The van der Waals surface area contributed by atoms with Crippen LogP contribution in [0.2, 0.25) is 0 Å². The van der Waals surface area contributed by atoms with Crippen molar-refractivity contribution in [3.63, 3.8) is 0 Å². The second-order valence-electron chi connectivity index (χ2n) is 15.9. The number of rotatable bonds is 7. The van der Waals surface area contributed by atoms with Crippen LogP contribution in [-0.4, -0.2) is 132 Å². The van der Waals surface area contributed by atoms with Crippen molar-refractivity contribution in [3.8, 4) is 17.0 Å². The Morgan fingerprint density at radius 2 is 1.75 bits per heavy atom. The highest BCUT2D eigenvalue weighted by atomic mass is 16.5. The summed E-state index contributed by atoms with van der Waals surface area (Å²) in [5, 5.41) is 25.3. The number of carbonyl (C=O) groups excluding carboxylic acids is 2. The number of nitrogens with zero attached hydrogens (tertiary/aromatic N) is 7. The van der Waals surface area contributed by atoms with Crippen molar-refractivity contribution in [2.75, 3.05) is 87.2 Å². The summed E-state index contributed by atoms with van der Waals surface area (Å²) in [6, 6.07) is 16.3. The van der Waals surface area contributed by atoms with Crippen molar-refractivity contribution in [2.45, 2.75) is 44.1 Å². The predicted molar refractivity (Wildman–Crippen MR) is 196 cm³/mol. The lowest BCUT2D eigenvalue weighted by molar-refractivity contribution is -0.137. The molecule has 272 valence electrons. The van der Waals surface area contributed by atoms with Crippen LogP contribution in [0.5, 0.6) is 5.75 Å². The molecule has 2 aromatic carbocycles. The van der Waals surface area contributed by atoms with E-state index in [9.17, 15) is 14.7 Å². The van der Waals surface area contributed by atoms with E-state index in [0.29, 0.717) is 30.1 Å². The van der Waals surface area contributed by atoms with Gasteiger partial charge >= 0.3 is 0 Å². The summed E-state index contributed by atoms with van der Waals surface area (Å²) in [6.07, 6.45) is 1.21. The maximum absolute atomic E-state index is 12.5. The van der Waals surface area contributed by atoms with Crippen LogP contribution in [0.1, 0.15) is 24.0 Å². The molecule has 10 rings (SSSR count). The van der Waals surface area contributed by atoms with E-state index in [2.05, 4.69) is 69.6 Å². The molecular weight excluding hydrogens is 658 g/mol. The number of piperidine rings is 2. The van der Waals surface area contributed by atoms with Crippen molar-refractivity contribution >= 4 is 29.0 Å². The summed E-state index contributed by atoms with van der Waals surface area (Å²) >= 11 is 0. The number of ether oxygens (including phenoxy) is 1. The summed E-state index contributed by atoms with van der Waals surface area (Å²) < 4.78 is 6.31. The molecule has 7 heterocycles. The van der Waals surface area contributed by atoms with Gasteiger partial charge in [-0.3, -0.25) is 24.7 Å². The molecule has 4 saturated heterocycles. The molecule has 0 radical (unpaired) electrons. The molecule has 6 aliphatic heterocycles. The monoisotopic (exact) mass is 705 g/mol. The highest BCUT2D eigenvalue weighted by Gasteiger charge is 2.56. The second kappa shape index (κ2) is 13.0. The molecule has 13 heteroatoms. The molecule has 7 aliphatic rings. The minimum Gasteiger partial charge on any atom is -0.507 e. The number of nitrogens with one attached hydrogen (secondary N) is 2. The number of piperazine rings is 1. The molecule has 1 aromatic heterocycles. The number of hydrogen-bond acceptors (Lipinski definition) is 12. The summed E-state index contributed by atoms with van der Waals surface area (Å²) in [7, 11) is 0. The van der Waals surface area contributed by atoms with Crippen molar-refractivity contribution in [3.05, 3.63) is 59.7 Å². The average molecular weight is 706 g/mol. The van der Waals surface area contributed by atoms with Crippen LogP contribution in [0, 0.1) is 17.8 Å². The van der Waals surface area contributed by atoms with Crippen LogP contribution < -0.4 is 20.4 Å². The lowest BCUT2D eigenvalue weighted by atomic mass is 10.0. The number of imide groups is 1. The first-order valence-corrected chi connectivity index (χ1v) is 19.1. The van der Waals surface area contributed by atoms with Gasteiger partial charge in [-0.1, -0.05) is 18.2 Å². The van der Waals surface area contributed by atoms with Crippen molar-refractivity contribution in [2.24, 2.45) is 17.8 Å². The topological polar surface area (TPSA) is 130 Å². The molecule has 13 nitrogen and oxygen atoms in total. The Hall–Kier alpha value is -4.30. The number of amides is 2. The van der Waals surface area contributed by atoms with E-state index < -0.39 is 0 Å². The molecule has 1 aliphatic carbocycles. The SMILES string of the molecule is O=C1CCC(N2Cc3ccc(N4CCOC(CN5C[C@@H]6C(CN7CCN8c9cc(-c%10ccccc%10O)nnc9NC[C@H]8C7)[C@@H]6C5)C4)cc3C2)C(=O)N1. The molecule has 1 saturated carbocycles. The number of aromatic nitrogens is 2. The van der Waals surface area contributed by atoms with Gasteiger partial charge in [-0.25, -0.2) is 0 Å². The second-order valence-corrected chi connectivity index (χ2v) is 15.9. The van der Waals surface area contributed by atoms with Crippen molar-refractivity contribution in [1.82, 2.24) is 30.2 Å². The number of fused-ring (bicyclic) bond motifs is 5. The largest absolute Gasteiger partial charge is 0.507 e. The van der Waals surface area contributed by atoms with E-state index in [4.69, 9.17) is 4.74 Å². The van der Waals surface area contributed by atoms with Gasteiger partial charge in [-0.2, -0.15) is 0 Å². The smallest absolute Gasteiger partial charge is 0.243 e. The van der Waals surface area contributed by atoms with Gasteiger partial charge in [0.25, 0.3) is 0 Å². The third-order valence-corrected chi connectivity index (χ3v) is 12.8. The maximum Gasteiger partial charge on any atom is 0.243 e. The molecule has 6 atom stereocenters. The summed E-state index contributed by atoms with van der Waals surface area (Å²) in [6.45, 7) is 12.5. The first kappa shape index (κ1) is 32.4. The standard InChI is InChI=1S/C39H47N9O4/c49-36-4-2-1-3-29(36)33-14-35-38(43-42-33)40-15-27-18-44(9-10-48(27)35)21-30-31-22-45(23-32(30)31)19-28-20-46(11-12-52-28)26-6-5-24-16-47(17-25(24)13-26)34-7-8-37(50)41-39(34)51/h1-6,13-14,27-28,30-32,34,49H,7-12,15-23H2,(H,40,43)(H,41,50,51)/t27-,28?,30?,31-,32+,34?/m0/s1. The number of morpholine rings is 1. The number of benzene rings is 2. The fourth-order valence-corrected chi connectivity index (χ4v) is 10.0. The third-order valence-electron chi connectivity index (χ3n) is 12.8. The normalized spacial score (nSPS) is 30.3. The lowest BCUT2D eigenvalue weighted by Gasteiger charge is -2.46. The van der Waals surface area contributed by atoms with Gasteiger partial charge in [0.1, 0.15) is 5.75 Å². The molecular formula is C39H47N9O4. The highest BCUT2D eigenvalue weighted by Crippen LogP contribution is 2.52. The van der Waals surface area contributed by atoms with Crippen LogP contribution in [0.3, 0.4) is 0 Å². The van der Waals surface area contributed by atoms with Gasteiger partial charge in [0.05, 0.1) is 36.2 Å². The van der Waals surface area contributed by atoms with Crippen LogP contribution in [0.15, 0.2) is 48.5 Å². The highest BCUT2D eigenvalue weighted by molar-refractivity contribution is 6.00. The first-order valence-electron chi connectivity index (χ1n) is 19.1. The minimum absolute atomic E-state index is 0.157. The van der Waals surface area contributed by atoms with E-state index in [-0.39, 0.29) is 29.7 Å². The van der Waals surface area contributed by atoms with E-state index >= 15 is 0 Å². The number of phenols is 1. The Morgan fingerprint density at radius 3 is 2.62 bits per heavy atom. The number of carbonyl (C=O) groups is 2. The molecule has 2 amide bonds. The van der Waals surface area contributed by atoms with E-state index in [1.54, 1.807) is 6.07 Å². The average Bonchev–Trinajstić information content (AvgIpc) is 3.44. The zero-order valence-electron chi connectivity index (χ0n) is 29.5. The predicted octanol–water partition coefficient (Wildman–Crippen LogP) is 1.97. The maximum atomic E-state index is 12.5. The Morgan fingerprint density at radius 1 is 0.885 bits per heavy atom. The number of likely N-dealkylation sites (tertiary alicyclic amines) is 1. The zero-order valence-corrected chi connectivity index (χ0v) is 29.5. The zero-order chi connectivity index (χ0) is 34.9. The summed E-state index contributed by atoms with van der Waals surface area (Å²) in [4.78, 5) is 36.6. The fourth-order valence-electron chi connectivity index (χ4n) is 10.0. The van der Waals surface area contributed by atoms with E-state index in [1.165, 1.54) is 36.4 Å². The molecule has 52 heavy (non-hydrogen) atoms. The van der Waals surface area contributed by atoms with Crippen LogP contribution in [0.25, 0.3) is 11.3 Å². The van der Waals surface area contributed by atoms with Crippen LogP contribution >= 0.6 is 0 Å². The quantitative estimate of drug-likeness (QED) is 0.311. The van der Waals surface area contributed by atoms with Gasteiger partial charge in [-0.05, 0) is 65.6 Å². The minimum atomic E-state index is -0.229. The van der Waals surface area contributed by atoms with Crippen LogP contribution in [-0.2, 0) is 27.4 Å². The Bertz CT molecular complexity index is 1880. The van der Waals surface area contributed by atoms with Gasteiger partial charge < -0.3 is 29.9 Å². The summed E-state index contributed by atoms with van der Waals surface area (Å²) in [5.41, 5.74) is 6.30. The van der Waals surface area contributed by atoms with Crippen molar-refractivity contribution in [1.29, 1.82) is 0 Å². The molecule has 0 spiro atoms. The van der Waals surface area contributed by atoms with Crippen LogP contribution in [0.4, 0.5) is 17.2 Å². The first-order chi connectivity index (χ1) is 25.4. The number of anilines is 3. The van der Waals surface area contributed by atoms with Crippen molar-refractivity contribution < 1.29 is 19.4 Å². The molecule has 5 fully saturated rings. The molecule has 3 aromatic rings. The van der Waals surface area contributed by atoms with Gasteiger partial charge in [0.2, 0.25) is 11.8 Å². The number of para-hydroxylation sites is 1. The molecule has 3 unspecified atom stereocenters. The summed E-state index contributed by atoms with van der Waals surface area (Å²) in [5.74, 6) is 3.12. The van der Waals surface area contributed by atoms with Gasteiger partial charge in [0, 0.05) is 96.2 Å². The van der Waals surface area contributed by atoms with Gasteiger partial charge in [-0.15, -0.1) is 10.2 Å². The van der Waals surface area contributed by atoms with E-state index in [1.807, 2.05) is 18.2 Å². The van der Waals surface area contributed by atoms with Gasteiger partial charge in [0.15, 0.2) is 5.82 Å². The number of aromatic hydroxyl groups is 1.